The van der Waals surface area contributed by atoms with Gasteiger partial charge in [-0.2, -0.15) is 0 Å². The van der Waals surface area contributed by atoms with E-state index in [0.29, 0.717) is 36.7 Å². The number of amides is 2. The fourth-order valence-electron chi connectivity index (χ4n) is 4.00. The Morgan fingerprint density at radius 1 is 1.24 bits per heavy atom. The monoisotopic (exact) mass is 461 g/mol. The summed E-state index contributed by atoms with van der Waals surface area (Å²) < 4.78 is 29.4. The van der Waals surface area contributed by atoms with Crippen LogP contribution in [0.25, 0.3) is 11.4 Å². The predicted molar refractivity (Wildman–Crippen MR) is 123 cm³/mol. The Balaban J connectivity index is 2.07. The highest BCUT2D eigenvalue weighted by Crippen LogP contribution is 2.29. The second-order valence-corrected chi connectivity index (χ2v) is 9.73. The highest BCUT2D eigenvalue weighted by Gasteiger charge is 2.35. The van der Waals surface area contributed by atoms with Crippen LogP contribution in [0.5, 0.6) is 0 Å². The van der Waals surface area contributed by atoms with Gasteiger partial charge in [-0.3, -0.25) is 14.5 Å². The third-order valence-corrected chi connectivity index (χ3v) is 6.14. The van der Waals surface area contributed by atoms with E-state index in [4.69, 9.17) is 0 Å². The summed E-state index contributed by atoms with van der Waals surface area (Å²) >= 11 is 0. The number of benzene rings is 1. The van der Waals surface area contributed by atoms with Crippen molar-refractivity contribution < 1.29 is 18.4 Å². The number of hydrogen-bond donors (Lipinski definition) is 2. The molecule has 7 nitrogen and oxygen atoms in total. The minimum Gasteiger partial charge on any atom is -0.355 e. The minimum absolute atomic E-state index is 0.189. The fourth-order valence-corrected chi connectivity index (χ4v) is 4.00. The summed E-state index contributed by atoms with van der Waals surface area (Å²) in [6.45, 7) is 11.0. The molecule has 0 spiro atoms. The fraction of sp³-hybridized carbons (Fsp3) is 0.542. The summed E-state index contributed by atoms with van der Waals surface area (Å²) in [5.41, 5.74) is 0.735. The summed E-state index contributed by atoms with van der Waals surface area (Å²) in [4.78, 5) is 32.8. The summed E-state index contributed by atoms with van der Waals surface area (Å²) in [6.07, 6.45) is 0.807. The SMILES string of the molecule is CCNC(=O)C(NC(=O)c1nc(-c2ccc(F)c(F)c2)n2c1CN(C)C(C)CC2)C(C)(C)C. The van der Waals surface area contributed by atoms with Crippen molar-refractivity contribution in [3.63, 3.8) is 0 Å². The van der Waals surface area contributed by atoms with Crippen LogP contribution in [0.15, 0.2) is 18.2 Å². The zero-order chi connectivity index (χ0) is 24.5. The number of halogens is 2. The van der Waals surface area contributed by atoms with Crippen LogP contribution in [0.2, 0.25) is 0 Å². The average molecular weight is 462 g/mol. The van der Waals surface area contributed by atoms with E-state index < -0.39 is 29.0 Å². The molecule has 0 saturated carbocycles. The molecule has 0 radical (unpaired) electrons. The molecule has 2 aromatic rings. The lowest BCUT2D eigenvalue weighted by molar-refractivity contribution is -0.125. The lowest BCUT2D eigenvalue weighted by atomic mass is 9.86. The molecule has 0 aliphatic carbocycles. The van der Waals surface area contributed by atoms with Crippen LogP contribution in [-0.4, -0.2) is 51.9 Å². The number of rotatable bonds is 5. The first-order chi connectivity index (χ1) is 15.4. The van der Waals surface area contributed by atoms with Gasteiger partial charge >= 0.3 is 0 Å². The first-order valence-corrected chi connectivity index (χ1v) is 11.3. The molecule has 2 N–H and O–H groups in total. The predicted octanol–water partition coefficient (Wildman–Crippen LogP) is 3.33. The van der Waals surface area contributed by atoms with Crippen LogP contribution < -0.4 is 10.6 Å². The van der Waals surface area contributed by atoms with Gasteiger partial charge < -0.3 is 15.2 Å². The summed E-state index contributed by atoms with van der Waals surface area (Å²) in [5, 5.41) is 5.63. The van der Waals surface area contributed by atoms with Crippen molar-refractivity contribution in [3.05, 3.63) is 41.2 Å². The highest BCUT2D eigenvalue weighted by molar-refractivity contribution is 5.98. The van der Waals surface area contributed by atoms with Gasteiger partial charge in [0.2, 0.25) is 5.91 Å². The van der Waals surface area contributed by atoms with Crippen LogP contribution in [0.4, 0.5) is 8.78 Å². The Kier molecular flexibility index (Phi) is 7.21. The number of carbonyl (C=O) groups is 2. The molecule has 1 aliphatic heterocycles. The maximum atomic E-state index is 14.0. The van der Waals surface area contributed by atoms with Gasteiger partial charge in [0, 0.05) is 31.2 Å². The Morgan fingerprint density at radius 3 is 2.55 bits per heavy atom. The van der Waals surface area contributed by atoms with Gasteiger partial charge in [0.05, 0.1) is 5.69 Å². The molecule has 0 saturated heterocycles. The van der Waals surface area contributed by atoms with Gasteiger partial charge in [-0.05, 0) is 50.9 Å². The first kappa shape index (κ1) is 24.8. The molecule has 180 valence electrons. The number of carbonyl (C=O) groups excluding carboxylic acids is 2. The molecule has 9 heteroatoms. The van der Waals surface area contributed by atoms with E-state index in [2.05, 4.69) is 27.4 Å². The number of likely N-dealkylation sites (N-methyl/N-ethyl adjacent to an activating group) is 1. The van der Waals surface area contributed by atoms with Crippen LogP contribution in [0.3, 0.4) is 0 Å². The van der Waals surface area contributed by atoms with Crippen molar-refractivity contribution in [2.45, 2.75) is 66.2 Å². The van der Waals surface area contributed by atoms with Crippen molar-refractivity contribution in [1.29, 1.82) is 0 Å². The molecule has 2 heterocycles. The second kappa shape index (κ2) is 9.59. The molecule has 1 aromatic carbocycles. The van der Waals surface area contributed by atoms with E-state index in [1.54, 1.807) is 0 Å². The van der Waals surface area contributed by atoms with Gasteiger partial charge in [-0.15, -0.1) is 0 Å². The van der Waals surface area contributed by atoms with Crippen LogP contribution in [0.1, 0.15) is 57.2 Å². The average Bonchev–Trinajstić information content (AvgIpc) is 3.02. The highest BCUT2D eigenvalue weighted by atomic mass is 19.2. The largest absolute Gasteiger partial charge is 0.355 e. The van der Waals surface area contributed by atoms with E-state index in [1.165, 1.54) is 6.07 Å². The van der Waals surface area contributed by atoms with E-state index in [9.17, 15) is 18.4 Å². The number of aromatic nitrogens is 2. The lowest BCUT2D eigenvalue weighted by Crippen LogP contribution is -2.53. The Labute approximate surface area is 193 Å². The van der Waals surface area contributed by atoms with Gasteiger partial charge in [-0.1, -0.05) is 20.8 Å². The van der Waals surface area contributed by atoms with Crippen molar-refractivity contribution >= 4 is 11.8 Å². The topological polar surface area (TPSA) is 79.3 Å². The second-order valence-electron chi connectivity index (χ2n) is 9.73. The Hall–Kier alpha value is -2.81. The minimum atomic E-state index is -0.973. The van der Waals surface area contributed by atoms with E-state index >= 15 is 0 Å². The van der Waals surface area contributed by atoms with Crippen molar-refractivity contribution in [3.8, 4) is 11.4 Å². The quantitative estimate of drug-likeness (QED) is 0.716. The maximum Gasteiger partial charge on any atom is 0.272 e. The number of nitrogens with zero attached hydrogens (tertiary/aromatic N) is 3. The third-order valence-electron chi connectivity index (χ3n) is 6.14. The molecule has 2 amide bonds. The van der Waals surface area contributed by atoms with Gasteiger partial charge in [0.15, 0.2) is 17.3 Å². The van der Waals surface area contributed by atoms with E-state index in [-0.39, 0.29) is 17.6 Å². The maximum absolute atomic E-state index is 14.0. The number of nitrogens with one attached hydrogen (secondary N) is 2. The zero-order valence-corrected chi connectivity index (χ0v) is 20.1. The number of hydrogen-bond acceptors (Lipinski definition) is 4. The van der Waals surface area contributed by atoms with Crippen LogP contribution in [0, 0.1) is 17.0 Å². The van der Waals surface area contributed by atoms with Gasteiger partial charge in [0.1, 0.15) is 11.9 Å². The van der Waals surface area contributed by atoms with E-state index in [0.717, 1.165) is 18.6 Å². The Bertz CT molecular complexity index is 1040. The van der Waals surface area contributed by atoms with Gasteiger partial charge in [0.25, 0.3) is 5.91 Å². The molecule has 33 heavy (non-hydrogen) atoms. The first-order valence-electron chi connectivity index (χ1n) is 11.3. The molecule has 2 unspecified atom stereocenters. The molecule has 1 aliphatic rings. The molecule has 3 rings (SSSR count). The molecule has 0 bridgehead atoms. The molecule has 2 atom stereocenters. The smallest absolute Gasteiger partial charge is 0.272 e. The van der Waals surface area contributed by atoms with E-state index in [1.807, 2.05) is 39.3 Å². The summed E-state index contributed by atoms with van der Waals surface area (Å²) in [6, 6.07) is 3.10. The van der Waals surface area contributed by atoms with Crippen molar-refractivity contribution in [1.82, 2.24) is 25.1 Å². The van der Waals surface area contributed by atoms with Gasteiger partial charge in [-0.25, -0.2) is 13.8 Å². The van der Waals surface area contributed by atoms with Crippen LogP contribution in [-0.2, 0) is 17.9 Å². The molecule has 0 fully saturated rings. The third kappa shape index (κ3) is 5.24. The Morgan fingerprint density at radius 2 is 1.94 bits per heavy atom. The summed E-state index contributed by atoms with van der Waals surface area (Å²) in [5.74, 6) is -2.25. The lowest BCUT2D eigenvalue weighted by Gasteiger charge is -2.30. The summed E-state index contributed by atoms with van der Waals surface area (Å²) in [7, 11) is 1.97. The molecular weight excluding hydrogens is 428 g/mol. The molecule has 1 aromatic heterocycles. The standard InChI is InChI=1S/C24H33F2N5O2/c1-7-27-23(33)20(24(3,4)5)29-22(32)19-18-13-30(6)14(2)10-11-31(18)21(28-19)15-8-9-16(25)17(26)12-15/h8-9,12,14,20H,7,10-11,13H2,1-6H3,(H,27,33)(H,29,32). The normalized spacial score (nSPS) is 17.8. The number of imidazole rings is 1. The van der Waals surface area contributed by atoms with Crippen molar-refractivity contribution in [2.24, 2.45) is 5.41 Å². The number of fused-ring (bicyclic) bond motifs is 1. The molecular formula is C24H33F2N5O2. The zero-order valence-electron chi connectivity index (χ0n) is 20.1. The van der Waals surface area contributed by atoms with Crippen LogP contribution >= 0.6 is 0 Å². The van der Waals surface area contributed by atoms with Crippen molar-refractivity contribution in [2.75, 3.05) is 13.6 Å².